The average molecular weight is 541 g/mol. The molecule has 1 heterocycles. The van der Waals surface area contributed by atoms with E-state index in [9.17, 15) is 9.59 Å². The maximum absolute atomic E-state index is 13.1. The van der Waals surface area contributed by atoms with Crippen LogP contribution in [0.1, 0.15) is 5.56 Å². The number of nitrogens with one attached hydrogen (secondary N) is 1. The number of rotatable bonds is 8. The molecule has 7 nitrogen and oxygen atoms in total. The predicted octanol–water partition coefficient (Wildman–Crippen LogP) is 5.78. The van der Waals surface area contributed by atoms with Crippen molar-refractivity contribution in [2.24, 2.45) is 0 Å². The van der Waals surface area contributed by atoms with Crippen LogP contribution in [0, 0.1) is 0 Å². The van der Waals surface area contributed by atoms with Gasteiger partial charge in [-0.15, -0.1) is 0 Å². The molecule has 184 valence electrons. The molecule has 1 aliphatic rings. The molecule has 0 radical (unpaired) electrons. The van der Waals surface area contributed by atoms with E-state index in [2.05, 4.69) is 5.32 Å². The Bertz CT molecular complexity index is 1340. The summed E-state index contributed by atoms with van der Waals surface area (Å²) in [7, 11) is 3.08. The van der Waals surface area contributed by atoms with Crippen molar-refractivity contribution in [3.05, 3.63) is 82.2 Å². The number of methoxy groups -OCH3 is 2. The topological polar surface area (TPSA) is 77.1 Å². The second kappa shape index (κ2) is 11.5. The van der Waals surface area contributed by atoms with Crippen molar-refractivity contribution < 1.29 is 23.8 Å². The van der Waals surface area contributed by atoms with E-state index >= 15 is 0 Å². The Morgan fingerprint density at radius 3 is 2.53 bits per heavy atom. The highest BCUT2D eigenvalue weighted by Crippen LogP contribution is 2.37. The standard InChI is InChI=1S/C26H21ClN2O5S2/c1-32-20-9-7-19(8-10-20)29-25(31)23(36-26(29)35)13-16-6-11-21(22(12-16)33-2)34-15-24(30)28-18-5-3-4-17(27)14-18/h3-14H,15H2,1-2H3,(H,28,30)/b23-13-. The number of halogens is 1. The lowest BCUT2D eigenvalue weighted by atomic mass is 10.1. The van der Waals surface area contributed by atoms with Gasteiger partial charge in [-0.2, -0.15) is 0 Å². The van der Waals surface area contributed by atoms with Gasteiger partial charge in [0.05, 0.1) is 24.8 Å². The Balaban J connectivity index is 1.44. The number of amides is 2. The van der Waals surface area contributed by atoms with Crippen LogP contribution >= 0.6 is 35.6 Å². The first-order valence-corrected chi connectivity index (χ1v) is 12.3. The highest BCUT2D eigenvalue weighted by Gasteiger charge is 2.33. The first kappa shape index (κ1) is 25.6. The SMILES string of the molecule is COc1ccc(N2C(=O)/C(=C/c3ccc(OCC(=O)Nc4cccc(Cl)c4)c(OC)c3)SC2=S)cc1. The minimum atomic E-state index is -0.342. The zero-order valence-corrected chi connectivity index (χ0v) is 21.7. The van der Waals surface area contributed by atoms with Crippen LogP contribution in [0.5, 0.6) is 17.2 Å². The Labute approximate surface area is 223 Å². The number of thioether (sulfide) groups is 1. The van der Waals surface area contributed by atoms with Crippen molar-refractivity contribution in [1.29, 1.82) is 0 Å². The van der Waals surface area contributed by atoms with Crippen LogP contribution < -0.4 is 24.4 Å². The van der Waals surface area contributed by atoms with Crippen LogP contribution in [0.2, 0.25) is 5.02 Å². The van der Waals surface area contributed by atoms with Crippen LogP contribution in [-0.4, -0.2) is 37.0 Å². The van der Waals surface area contributed by atoms with Gasteiger partial charge < -0.3 is 19.5 Å². The molecule has 36 heavy (non-hydrogen) atoms. The quantitative estimate of drug-likeness (QED) is 0.286. The number of thiocarbonyl (C=S) groups is 1. The third-order valence-electron chi connectivity index (χ3n) is 5.08. The maximum atomic E-state index is 13.1. The van der Waals surface area contributed by atoms with E-state index in [0.29, 0.717) is 42.9 Å². The molecule has 2 amide bonds. The monoisotopic (exact) mass is 540 g/mol. The first-order chi connectivity index (χ1) is 17.4. The summed E-state index contributed by atoms with van der Waals surface area (Å²) >= 11 is 12.6. The molecule has 3 aromatic rings. The summed E-state index contributed by atoms with van der Waals surface area (Å²) in [6, 6.07) is 19.1. The van der Waals surface area contributed by atoms with Gasteiger partial charge in [0.2, 0.25) is 0 Å². The molecular weight excluding hydrogens is 520 g/mol. The van der Waals surface area contributed by atoms with E-state index in [1.807, 2.05) is 0 Å². The van der Waals surface area contributed by atoms with Gasteiger partial charge in [0, 0.05) is 10.7 Å². The van der Waals surface area contributed by atoms with Crippen molar-refractivity contribution in [3.63, 3.8) is 0 Å². The molecule has 10 heteroatoms. The van der Waals surface area contributed by atoms with E-state index in [1.54, 1.807) is 79.9 Å². The number of hydrogen-bond donors (Lipinski definition) is 1. The van der Waals surface area contributed by atoms with Crippen molar-refractivity contribution >= 4 is 69.2 Å². The second-order valence-electron chi connectivity index (χ2n) is 7.47. The van der Waals surface area contributed by atoms with Gasteiger partial charge in [0.15, 0.2) is 22.4 Å². The summed E-state index contributed by atoms with van der Waals surface area (Å²) in [5.74, 6) is 0.945. The first-order valence-electron chi connectivity index (χ1n) is 10.7. The molecule has 1 fully saturated rings. The van der Waals surface area contributed by atoms with Gasteiger partial charge in [-0.05, 0) is 66.2 Å². The zero-order valence-electron chi connectivity index (χ0n) is 19.3. The number of benzene rings is 3. The van der Waals surface area contributed by atoms with Gasteiger partial charge in [-0.3, -0.25) is 14.5 Å². The van der Waals surface area contributed by atoms with E-state index in [1.165, 1.54) is 23.8 Å². The van der Waals surface area contributed by atoms with Crippen molar-refractivity contribution in [1.82, 2.24) is 0 Å². The number of carbonyl (C=O) groups is 2. The van der Waals surface area contributed by atoms with Crippen LogP contribution in [0.15, 0.2) is 71.6 Å². The van der Waals surface area contributed by atoms with Crippen LogP contribution in [0.4, 0.5) is 11.4 Å². The second-order valence-corrected chi connectivity index (χ2v) is 9.58. The Hall–Kier alpha value is -3.53. The van der Waals surface area contributed by atoms with E-state index < -0.39 is 0 Å². The predicted molar refractivity (Wildman–Crippen MR) is 147 cm³/mol. The average Bonchev–Trinajstić information content (AvgIpc) is 3.15. The van der Waals surface area contributed by atoms with E-state index in [0.717, 1.165) is 5.56 Å². The van der Waals surface area contributed by atoms with Crippen LogP contribution in [0.3, 0.4) is 0 Å². The molecule has 0 bridgehead atoms. The highest BCUT2D eigenvalue weighted by atomic mass is 35.5. The lowest BCUT2D eigenvalue weighted by Gasteiger charge is -2.14. The zero-order chi connectivity index (χ0) is 25.7. The third-order valence-corrected chi connectivity index (χ3v) is 6.61. The third kappa shape index (κ3) is 5.99. The Morgan fingerprint density at radius 2 is 1.83 bits per heavy atom. The molecule has 1 aliphatic heterocycles. The number of nitrogens with zero attached hydrogens (tertiary/aromatic N) is 1. The van der Waals surface area contributed by atoms with Gasteiger partial charge in [0.25, 0.3) is 11.8 Å². The normalized spacial score (nSPS) is 14.2. The molecule has 0 aliphatic carbocycles. The van der Waals surface area contributed by atoms with Gasteiger partial charge >= 0.3 is 0 Å². The number of anilines is 2. The molecule has 4 rings (SSSR count). The highest BCUT2D eigenvalue weighted by molar-refractivity contribution is 8.27. The summed E-state index contributed by atoms with van der Waals surface area (Å²) in [5.41, 5.74) is 1.96. The summed E-state index contributed by atoms with van der Waals surface area (Å²) in [6.45, 7) is -0.220. The molecule has 0 unspecified atom stereocenters. The van der Waals surface area contributed by atoms with Gasteiger partial charge in [0.1, 0.15) is 5.75 Å². The van der Waals surface area contributed by atoms with Crippen LogP contribution in [-0.2, 0) is 9.59 Å². The van der Waals surface area contributed by atoms with Gasteiger partial charge in [-0.25, -0.2) is 0 Å². The minimum absolute atomic E-state index is 0.216. The van der Waals surface area contributed by atoms with Crippen molar-refractivity contribution in [2.75, 3.05) is 31.0 Å². The summed E-state index contributed by atoms with van der Waals surface area (Å²) in [5, 5.41) is 3.24. The fraction of sp³-hybridized carbons (Fsp3) is 0.115. The molecule has 1 N–H and O–H groups in total. The molecule has 3 aromatic carbocycles. The Kier molecular flexibility index (Phi) is 8.14. The molecule has 0 saturated carbocycles. The summed E-state index contributed by atoms with van der Waals surface area (Å²) < 4.78 is 16.7. The van der Waals surface area contributed by atoms with E-state index in [-0.39, 0.29) is 18.4 Å². The number of carbonyl (C=O) groups excluding carboxylic acids is 2. The fourth-order valence-electron chi connectivity index (χ4n) is 3.37. The maximum Gasteiger partial charge on any atom is 0.270 e. The largest absolute Gasteiger partial charge is 0.497 e. The number of hydrogen-bond acceptors (Lipinski definition) is 7. The van der Waals surface area contributed by atoms with Gasteiger partial charge in [-0.1, -0.05) is 47.7 Å². The summed E-state index contributed by atoms with van der Waals surface area (Å²) in [4.78, 5) is 27.3. The molecule has 0 atom stereocenters. The lowest BCUT2D eigenvalue weighted by molar-refractivity contribution is -0.118. The molecule has 0 spiro atoms. The molecule has 1 saturated heterocycles. The lowest BCUT2D eigenvalue weighted by Crippen LogP contribution is -2.27. The Morgan fingerprint density at radius 1 is 1.06 bits per heavy atom. The number of ether oxygens (including phenoxy) is 3. The molecule has 0 aromatic heterocycles. The fourth-order valence-corrected chi connectivity index (χ4v) is 4.86. The van der Waals surface area contributed by atoms with Crippen LogP contribution in [0.25, 0.3) is 6.08 Å². The van der Waals surface area contributed by atoms with Crippen molar-refractivity contribution in [3.8, 4) is 17.2 Å². The minimum Gasteiger partial charge on any atom is -0.497 e. The van der Waals surface area contributed by atoms with Crippen molar-refractivity contribution in [2.45, 2.75) is 0 Å². The summed E-state index contributed by atoms with van der Waals surface area (Å²) in [6.07, 6.45) is 1.74. The van der Waals surface area contributed by atoms with E-state index in [4.69, 9.17) is 38.0 Å². The molecular formula is C26H21ClN2O5S2. The smallest absolute Gasteiger partial charge is 0.270 e.